The number of thiazole rings is 1. The lowest BCUT2D eigenvalue weighted by Gasteiger charge is -2.20. The van der Waals surface area contributed by atoms with E-state index in [1.165, 1.54) is 0 Å². The predicted molar refractivity (Wildman–Crippen MR) is 129 cm³/mol. The smallest absolute Gasteiger partial charge is 0.246 e. The van der Waals surface area contributed by atoms with E-state index < -0.39 is 0 Å². The van der Waals surface area contributed by atoms with Gasteiger partial charge in [0.1, 0.15) is 11.1 Å². The van der Waals surface area contributed by atoms with E-state index in [0.717, 1.165) is 16.3 Å². The summed E-state index contributed by atoms with van der Waals surface area (Å²) < 4.78 is 10.6. The molecule has 0 bridgehead atoms. The Kier molecular flexibility index (Phi) is 9.46. The van der Waals surface area contributed by atoms with E-state index in [9.17, 15) is 0 Å². The highest BCUT2D eigenvalue weighted by atomic mass is 127. The molecule has 0 saturated carbocycles. The van der Waals surface area contributed by atoms with Crippen LogP contribution in [-0.4, -0.2) is 47.2 Å². The van der Waals surface area contributed by atoms with Crippen LogP contribution in [0.2, 0.25) is 5.02 Å². The van der Waals surface area contributed by atoms with Gasteiger partial charge in [-0.15, -0.1) is 35.3 Å². The van der Waals surface area contributed by atoms with E-state index in [1.807, 2.05) is 36.4 Å². The molecule has 0 radical (unpaired) electrons. The maximum absolute atomic E-state index is 6.02. The number of ether oxygens (including phenoxy) is 1. The maximum Gasteiger partial charge on any atom is 0.246 e. The molecule has 2 heterocycles. The number of guanidine groups is 1. The van der Waals surface area contributed by atoms with E-state index in [-0.39, 0.29) is 30.1 Å². The Morgan fingerprint density at radius 1 is 1.40 bits per heavy atom. The highest BCUT2D eigenvalue weighted by Crippen LogP contribution is 2.21. The number of aliphatic imine (C=N–C) groups is 1. The Bertz CT molecular complexity index is 979. The fraction of sp³-hybridized carbons (Fsp3) is 0.368. The highest BCUT2D eigenvalue weighted by molar-refractivity contribution is 14.0. The number of rotatable bonds is 7. The third kappa shape index (κ3) is 6.37. The number of aromatic nitrogens is 3. The van der Waals surface area contributed by atoms with Gasteiger partial charge in [-0.05, 0) is 19.1 Å². The van der Waals surface area contributed by atoms with Crippen LogP contribution in [0.15, 0.2) is 39.2 Å². The van der Waals surface area contributed by atoms with E-state index in [1.54, 1.807) is 37.6 Å². The molecule has 0 aliphatic rings. The summed E-state index contributed by atoms with van der Waals surface area (Å²) in [5, 5.41) is 10.9. The van der Waals surface area contributed by atoms with Gasteiger partial charge < -0.3 is 19.5 Å². The second kappa shape index (κ2) is 11.6. The van der Waals surface area contributed by atoms with Crippen LogP contribution in [-0.2, 0) is 17.8 Å². The van der Waals surface area contributed by atoms with E-state index in [4.69, 9.17) is 20.9 Å². The Morgan fingerprint density at radius 2 is 2.20 bits per heavy atom. The zero-order valence-corrected chi connectivity index (χ0v) is 21.0. The minimum atomic E-state index is -0.0114. The molecule has 1 unspecified atom stereocenters. The average Bonchev–Trinajstić information content (AvgIpc) is 3.37. The summed E-state index contributed by atoms with van der Waals surface area (Å²) in [7, 11) is 5.35. The van der Waals surface area contributed by atoms with Gasteiger partial charge in [-0.3, -0.25) is 4.99 Å². The molecule has 0 aliphatic heterocycles. The van der Waals surface area contributed by atoms with Crippen LogP contribution < -0.4 is 5.32 Å². The van der Waals surface area contributed by atoms with Crippen molar-refractivity contribution in [1.29, 1.82) is 0 Å². The second-order valence-corrected chi connectivity index (χ2v) is 7.66. The number of hydrogen-bond acceptors (Lipinski definition) is 7. The zero-order valence-electron chi connectivity index (χ0n) is 17.1. The molecule has 0 amide bonds. The molecule has 1 atom stereocenters. The summed E-state index contributed by atoms with van der Waals surface area (Å²) in [6.07, 6.45) is -0.0114. The summed E-state index contributed by atoms with van der Waals surface area (Å²) >= 11 is 7.61. The van der Waals surface area contributed by atoms with Crippen molar-refractivity contribution < 1.29 is 9.26 Å². The first kappa shape index (κ1) is 24.5. The Morgan fingerprint density at radius 3 is 2.90 bits per heavy atom. The molecule has 162 valence electrons. The van der Waals surface area contributed by atoms with Crippen molar-refractivity contribution in [2.45, 2.75) is 26.1 Å². The molecule has 0 spiro atoms. The van der Waals surface area contributed by atoms with Crippen molar-refractivity contribution in [1.82, 2.24) is 25.3 Å². The van der Waals surface area contributed by atoms with Crippen LogP contribution >= 0.6 is 46.9 Å². The van der Waals surface area contributed by atoms with Crippen LogP contribution in [0, 0.1) is 0 Å². The fourth-order valence-corrected chi connectivity index (χ4v) is 3.64. The van der Waals surface area contributed by atoms with Crippen LogP contribution in [0.5, 0.6) is 0 Å². The van der Waals surface area contributed by atoms with Crippen molar-refractivity contribution in [2.75, 3.05) is 21.2 Å². The largest absolute Gasteiger partial charge is 0.375 e. The number of nitrogens with one attached hydrogen (secondary N) is 1. The molecule has 1 aromatic carbocycles. The summed E-state index contributed by atoms with van der Waals surface area (Å²) in [5.41, 5.74) is 1.76. The van der Waals surface area contributed by atoms with Crippen LogP contribution in [0.3, 0.4) is 0 Å². The highest BCUT2D eigenvalue weighted by Gasteiger charge is 2.14. The number of halogens is 2. The first-order valence-corrected chi connectivity index (χ1v) is 10.2. The van der Waals surface area contributed by atoms with Crippen molar-refractivity contribution >= 4 is 52.9 Å². The standard InChI is InChI=1S/C19H23ClN6O2S.HI/c1-12(27-4)18-23-15(11-29-18)10-26(3)19(21-2)22-9-16-24-17(25-28-16)13-6-5-7-14(20)8-13;/h5-8,11-12H,9-10H2,1-4H3,(H,21,22);1H. The van der Waals surface area contributed by atoms with E-state index in [2.05, 4.69) is 25.4 Å². The molecule has 11 heteroatoms. The lowest BCUT2D eigenvalue weighted by molar-refractivity contribution is 0.119. The van der Waals surface area contributed by atoms with Crippen LogP contribution in [0.4, 0.5) is 0 Å². The van der Waals surface area contributed by atoms with Crippen molar-refractivity contribution in [3.05, 3.63) is 51.3 Å². The molecule has 3 rings (SSSR count). The van der Waals surface area contributed by atoms with Gasteiger partial charge in [0.15, 0.2) is 5.96 Å². The first-order chi connectivity index (χ1) is 14.0. The molecule has 0 aliphatic carbocycles. The fourth-order valence-electron chi connectivity index (χ4n) is 2.61. The molecule has 3 aromatic rings. The van der Waals surface area contributed by atoms with Crippen molar-refractivity contribution in [3.63, 3.8) is 0 Å². The summed E-state index contributed by atoms with van der Waals surface area (Å²) in [6.45, 7) is 2.95. The topological polar surface area (TPSA) is 88.7 Å². The third-order valence-corrected chi connectivity index (χ3v) is 5.48. The van der Waals surface area contributed by atoms with Gasteiger partial charge in [0, 0.05) is 37.2 Å². The number of nitrogens with zero attached hydrogens (tertiary/aromatic N) is 5. The van der Waals surface area contributed by atoms with Gasteiger partial charge in [-0.2, -0.15) is 4.98 Å². The second-order valence-electron chi connectivity index (χ2n) is 6.33. The van der Waals surface area contributed by atoms with Crippen molar-refractivity contribution in [3.8, 4) is 11.4 Å². The maximum atomic E-state index is 6.02. The van der Waals surface area contributed by atoms with Gasteiger partial charge in [0.2, 0.25) is 11.7 Å². The SMILES string of the molecule is CN=C(NCc1nc(-c2cccc(Cl)c2)no1)N(C)Cc1csc(C(C)OC)n1.I. The third-order valence-electron chi connectivity index (χ3n) is 4.19. The zero-order chi connectivity index (χ0) is 20.8. The monoisotopic (exact) mass is 562 g/mol. The van der Waals surface area contributed by atoms with Crippen molar-refractivity contribution in [2.24, 2.45) is 4.99 Å². The van der Waals surface area contributed by atoms with Gasteiger partial charge in [0.05, 0.1) is 18.8 Å². The van der Waals surface area contributed by atoms with Gasteiger partial charge in [-0.1, -0.05) is 28.9 Å². The van der Waals surface area contributed by atoms with Gasteiger partial charge in [0.25, 0.3) is 0 Å². The summed E-state index contributed by atoms with van der Waals surface area (Å²) in [6, 6.07) is 7.32. The van der Waals surface area contributed by atoms with Gasteiger partial charge in [-0.25, -0.2) is 4.98 Å². The van der Waals surface area contributed by atoms with Crippen LogP contribution in [0.1, 0.15) is 29.6 Å². The molecule has 0 fully saturated rings. The normalized spacial score (nSPS) is 12.4. The summed E-state index contributed by atoms with van der Waals surface area (Å²) in [4.78, 5) is 15.3. The molecule has 8 nitrogen and oxygen atoms in total. The molecular formula is C19H24ClIN6O2S. The quantitative estimate of drug-likeness (QED) is 0.260. The Labute approximate surface area is 201 Å². The molecular weight excluding hydrogens is 539 g/mol. The molecule has 30 heavy (non-hydrogen) atoms. The first-order valence-electron chi connectivity index (χ1n) is 8.97. The number of benzene rings is 1. The van der Waals surface area contributed by atoms with E-state index >= 15 is 0 Å². The van der Waals surface area contributed by atoms with Crippen LogP contribution in [0.25, 0.3) is 11.4 Å². The molecule has 0 saturated heterocycles. The Balaban J connectivity index is 0.00000320. The van der Waals surface area contributed by atoms with Gasteiger partial charge >= 0.3 is 0 Å². The number of hydrogen-bond donors (Lipinski definition) is 1. The molecule has 2 aromatic heterocycles. The minimum Gasteiger partial charge on any atom is -0.375 e. The lowest BCUT2D eigenvalue weighted by Crippen LogP contribution is -2.38. The minimum absolute atomic E-state index is 0. The van der Waals surface area contributed by atoms with E-state index in [0.29, 0.717) is 35.8 Å². The Hall–Kier alpha value is -1.76. The predicted octanol–water partition coefficient (Wildman–Crippen LogP) is 4.38. The molecule has 1 N–H and O–H groups in total. The number of methoxy groups -OCH3 is 1. The lowest BCUT2D eigenvalue weighted by atomic mass is 10.2. The average molecular weight is 563 g/mol. The summed E-state index contributed by atoms with van der Waals surface area (Å²) in [5.74, 6) is 1.65.